The monoisotopic (exact) mass is 522 g/mol. The molecule has 38 heavy (non-hydrogen) atoms. The van der Waals surface area contributed by atoms with Gasteiger partial charge in [0.2, 0.25) is 5.75 Å². The van der Waals surface area contributed by atoms with E-state index in [1.807, 2.05) is 31.2 Å². The van der Waals surface area contributed by atoms with Gasteiger partial charge in [0.15, 0.2) is 11.5 Å². The Kier molecular flexibility index (Phi) is 7.70. The number of para-hydroxylation sites is 1. The topological polar surface area (TPSA) is 137 Å². The van der Waals surface area contributed by atoms with Crippen molar-refractivity contribution in [2.45, 2.75) is 44.9 Å². The average molecular weight is 523 g/mol. The zero-order valence-corrected chi connectivity index (χ0v) is 21.7. The molecule has 2 N–H and O–H groups in total. The minimum atomic E-state index is -0.949. The summed E-state index contributed by atoms with van der Waals surface area (Å²) in [5.74, 6) is -2.04. The maximum atomic E-state index is 13.8. The van der Waals surface area contributed by atoms with E-state index >= 15 is 0 Å². The number of nitro groups is 1. The Morgan fingerprint density at radius 1 is 1.16 bits per heavy atom. The third kappa shape index (κ3) is 4.81. The summed E-state index contributed by atoms with van der Waals surface area (Å²) in [5.41, 5.74) is 2.21. The van der Waals surface area contributed by atoms with Gasteiger partial charge in [-0.15, -0.1) is 0 Å². The molecule has 0 saturated heterocycles. The molecular weight excluding hydrogens is 492 g/mol. The Morgan fingerprint density at radius 3 is 2.53 bits per heavy atom. The number of ketones is 1. The molecule has 1 aliphatic heterocycles. The normalized spacial score (nSPS) is 19.0. The second kappa shape index (κ2) is 11.0. The summed E-state index contributed by atoms with van der Waals surface area (Å²) in [7, 11) is 2.85. The quantitative estimate of drug-likeness (QED) is 0.289. The van der Waals surface area contributed by atoms with E-state index in [0.717, 1.165) is 5.56 Å². The van der Waals surface area contributed by atoms with Crippen LogP contribution in [-0.4, -0.2) is 42.6 Å². The molecule has 0 bridgehead atoms. The molecule has 0 radical (unpaired) electrons. The molecule has 10 heteroatoms. The largest absolute Gasteiger partial charge is 0.500 e. The first-order valence-corrected chi connectivity index (χ1v) is 12.3. The number of carbonyl (C=O) groups is 2. The lowest BCUT2D eigenvalue weighted by atomic mass is 9.71. The molecule has 0 saturated carbocycles. The van der Waals surface area contributed by atoms with Crippen molar-refractivity contribution in [2.75, 3.05) is 20.8 Å². The van der Waals surface area contributed by atoms with Gasteiger partial charge in [0.25, 0.3) is 0 Å². The zero-order valence-electron chi connectivity index (χ0n) is 21.7. The number of ether oxygens (including phenoxy) is 3. The summed E-state index contributed by atoms with van der Waals surface area (Å²) in [6, 6.07) is 10.1. The molecule has 0 amide bonds. The number of nitrogens with one attached hydrogen (secondary N) is 1. The van der Waals surface area contributed by atoms with Gasteiger partial charge in [-0.2, -0.15) is 0 Å². The van der Waals surface area contributed by atoms with Crippen LogP contribution in [0.2, 0.25) is 0 Å². The number of carbonyl (C=O) groups excluding carboxylic acids is 2. The molecule has 0 aromatic heterocycles. The number of hydrogen-bond acceptors (Lipinski definition) is 9. The summed E-state index contributed by atoms with van der Waals surface area (Å²) >= 11 is 0. The molecule has 10 nitrogen and oxygen atoms in total. The van der Waals surface area contributed by atoms with E-state index in [-0.39, 0.29) is 41.6 Å². The number of Topliss-reactive ketones (excluding diaryl/α,β-unsaturated/α-hetero) is 1. The van der Waals surface area contributed by atoms with Crippen LogP contribution in [0.4, 0.5) is 5.69 Å². The fourth-order valence-corrected chi connectivity index (χ4v) is 5.21. The van der Waals surface area contributed by atoms with Crippen molar-refractivity contribution in [3.05, 3.63) is 80.2 Å². The van der Waals surface area contributed by atoms with Gasteiger partial charge in [0.05, 0.1) is 31.3 Å². The van der Waals surface area contributed by atoms with Crippen LogP contribution in [0, 0.1) is 10.1 Å². The lowest BCUT2D eigenvalue weighted by molar-refractivity contribution is -0.386. The lowest BCUT2D eigenvalue weighted by Gasteiger charge is -2.37. The summed E-state index contributed by atoms with van der Waals surface area (Å²) < 4.78 is 16.2. The maximum Gasteiger partial charge on any atom is 0.336 e. The third-order valence-electron chi connectivity index (χ3n) is 6.89. The predicted octanol–water partition coefficient (Wildman–Crippen LogP) is 4.63. The fraction of sp³-hybridized carbons (Fsp3) is 0.357. The van der Waals surface area contributed by atoms with Gasteiger partial charge < -0.3 is 24.6 Å². The number of dihydropyridines is 1. The minimum Gasteiger partial charge on any atom is -0.500 e. The van der Waals surface area contributed by atoms with Crippen molar-refractivity contribution in [1.29, 1.82) is 0 Å². The number of allylic oxidation sites excluding steroid dienone is 3. The van der Waals surface area contributed by atoms with E-state index in [1.165, 1.54) is 19.2 Å². The van der Waals surface area contributed by atoms with Crippen molar-refractivity contribution in [3.63, 3.8) is 0 Å². The van der Waals surface area contributed by atoms with Gasteiger partial charge in [0.1, 0.15) is 5.75 Å². The summed E-state index contributed by atoms with van der Waals surface area (Å²) in [6.45, 7) is 3.75. The van der Waals surface area contributed by atoms with E-state index in [4.69, 9.17) is 14.2 Å². The standard InChI is InChI=1S/C28H30N2O8/c1-5-10-38-28(33)24-15(2)29-19-11-16(18-8-6-7-9-22(18)36-3)13-21(31)26(19)25(24)17-12-20(30(34)35)27(32)23(14-17)37-4/h6-9,12,14,16,25,29,32H,5,10-11,13H2,1-4H3. The Bertz CT molecular complexity index is 1360. The highest BCUT2D eigenvalue weighted by molar-refractivity contribution is 6.04. The molecule has 0 fully saturated rings. The molecule has 1 heterocycles. The Morgan fingerprint density at radius 2 is 1.87 bits per heavy atom. The van der Waals surface area contributed by atoms with Crippen molar-refractivity contribution in [1.82, 2.24) is 5.32 Å². The Labute approximate surface area is 220 Å². The minimum absolute atomic E-state index is 0.135. The van der Waals surface area contributed by atoms with Crippen LogP contribution < -0.4 is 14.8 Å². The number of benzene rings is 2. The molecule has 200 valence electrons. The summed E-state index contributed by atoms with van der Waals surface area (Å²) in [5, 5.41) is 25.3. The van der Waals surface area contributed by atoms with Crippen molar-refractivity contribution < 1.29 is 33.8 Å². The van der Waals surface area contributed by atoms with Crippen molar-refractivity contribution in [3.8, 4) is 17.2 Å². The lowest BCUT2D eigenvalue weighted by Crippen LogP contribution is -2.36. The van der Waals surface area contributed by atoms with Crippen LogP contribution in [0.3, 0.4) is 0 Å². The van der Waals surface area contributed by atoms with Crippen LogP contribution >= 0.6 is 0 Å². The zero-order chi connectivity index (χ0) is 27.6. The van der Waals surface area contributed by atoms with Crippen molar-refractivity contribution in [2.24, 2.45) is 0 Å². The highest BCUT2D eigenvalue weighted by Crippen LogP contribution is 2.49. The molecule has 2 atom stereocenters. The van der Waals surface area contributed by atoms with Crippen molar-refractivity contribution >= 4 is 17.4 Å². The van der Waals surface area contributed by atoms with Gasteiger partial charge in [-0.05, 0) is 43.0 Å². The number of phenolic OH excluding ortho intramolecular Hbond substituents is 1. The molecule has 2 aromatic rings. The Balaban J connectivity index is 1.89. The summed E-state index contributed by atoms with van der Waals surface area (Å²) in [6.07, 6.45) is 1.22. The van der Waals surface area contributed by atoms with Gasteiger partial charge in [-0.1, -0.05) is 25.1 Å². The number of methoxy groups -OCH3 is 2. The number of rotatable bonds is 8. The molecule has 1 aliphatic carbocycles. The smallest absolute Gasteiger partial charge is 0.336 e. The van der Waals surface area contributed by atoms with Gasteiger partial charge in [-0.25, -0.2) is 4.79 Å². The van der Waals surface area contributed by atoms with Gasteiger partial charge in [-0.3, -0.25) is 14.9 Å². The summed E-state index contributed by atoms with van der Waals surface area (Å²) in [4.78, 5) is 38.1. The first-order chi connectivity index (χ1) is 18.2. The van der Waals surface area contributed by atoms with Crippen LogP contribution in [-0.2, 0) is 14.3 Å². The van der Waals surface area contributed by atoms with E-state index in [0.29, 0.717) is 35.6 Å². The van der Waals surface area contributed by atoms with Gasteiger partial charge >= 0.3 is 11.7 Å². The van der Waals surface area contributed by atoms with Crippen LogP contribution in [0.25, 0.3) is 0 Å². The van der Waals surface area contributed by atoms with E-state index in [2.05, 4.69) is 5.32 Å². The number of phenols is 1. The SMILES string of the molecule is CCCOC(=O)C1=C(C)NC2=C(C(=O)CC(c3ccccc3OC)C2)C1c1cc(OC)c(O)c([N+](=O)[O-])c1. The molecule has 2 aromatic carbocycles. The predicted molar refractivity (Wildman–Crippen MR) is 138 cm³/mol. The fourth-order valence-electron chi connectivity index (χ4n) is 5.21. The van der Waals surface area contributed by atoms with E-state index in [9.17, 15) is 24.8 Å². The Hall–Kier alpha value is -4.34. The second-order valence-electron chi connectivity index (χ2n) is 9.24. The number of hydrogen-bond donors (Lipinski definition) is 2. The molecule has 2 unspecified atom stereocenters. The maximum absolute atomic E-state index is 13.8. The third-order valence-corrected chi connectivity index (χ3v) is 6.89. The number of nitrogens with zero attached hydrogens (tertiary/aromatic N) is 1. The number of aromatic hydroxyl groups is 1. The van der Waals surface area contributed by atoms with Crippen LogP contribution in [0.5, 0.6) is 17.2 Å². The second-order valence-corrected chi connectivity index (χ2v) is 9.24. The molecule has 0 spiro atoms. The highest BCUT2D eigenvalue weighted by atomic mass is 16.6. The molecule has 4 rings (SSSR count). The first kappa shape index (κ1) is 26.7. The van der Waals surface area contributed by atoms with Crippen LogP contribution in [0.1, 0.15) is 56.1 Å². The van der Waals surface area contributed by atoms with E-state index in [1.54, 1.807) is 14.0 Å². The van der Waals surface area contributed by atoms with Gasteiger partial charge in [0, 0.05) is 41.3 Å². The van der Waals surface area contributed by atoms with Crippen LogP contribution in [0.15, 0.2) is 58.9 Å². The molecule has 2 aliphatic rings. The van der Waals surface area contributed by atoms with E-state index < -0.39 is 28.2 Å². The number of nitro benzene ring substituents is 1. The number of esters is 1. The molecular formula is C28H30N2O8. The average Bonchev–Trinajstić information content (AvgIpc) is 2.90. The first-order valence-electron chi connectivity index (χ1n) is 12.3. The highest BCUT2D eigenvalue weighted by Gasteiger charge is 2.42.